The molecule has 5 heterocycles. The number of fused-ring (bicyclic) bond motifs is 17. The summed E-state index contributed by atoms with van der Waals surface area (Å²) >= 11 is 0. The Morgan fingerprint density at radius 3 is 1.75 bits per heavy atom. The number of nitrogens with zero attached hydrogens (tertiary/aromatic N) is 2. The SMILES string of the molecule is CC(C)(C)c1ccc(N2B3c4oc5ccc(C(C)(C)C)cc5c4-n4c5cc6c(cc5c5c7oc8ccccc8c7c(c3c54)-c3cc4c(cc32)C(C)(C)CCC4(C)C)C(C)(C)CCC6(C)C)cc1. The Balaban J connectivity index is 1.30. The summed E-state index contributed by atoms with van der Waals surface area (Å²) in [6.45, 7) is 33.3. The fourth-order valence-electron chi connectivity index (χ4n) is 13.2. The molecule has 2 aliphatic carbocycles. The minimum Gasteiger partial charge on any atom is -0.466 e. The second-order valence-corrected chi connectivity index (χ2v) is 25.9. The van der Waals surface area contributed by atoms with E-state index in [4.69, 9.17) is 8.83 Å². The van der Waals surface area contributed by atoms with Crippen LogP contribution in [0.3, 0.4) is 0 Å². The van der Waals surface area contributed by atoms with Crippen molar-refractivity contribution in [3.63, 3.8) is 0 Å². The molecule has 338 valence electrons. The lowest BCUT2D eigenvalue weighted by atomic mass is 9.46. The second kappa shape index (κ2) is 12.7. The standard InChI is InChI=1S/C62H65BN2O2/c1-57(2,3)34-19-22-36(23-20-34)65-46-33-44-42(60(9,10)26-28-62(44,13)14)31-39(46)49-50-37-17-15-16-18-47(37)66-55(50)51-38-30-41-43(61(11,12)27-25-59(41,7)8)32-45(38)64-53-40-29-35(58(4,5)6)21-24-48(40)67-56(53)63(65)52(49)54(51)64/h15-24,29-33H,25-28H2,1-14H3. The lowest BCUT2D eigenvalue weighted by Gasteiger charge is -2.46. The third kappa shape index (κ3) is 5.43. The largest absolute Gasteiger partial charge is 0.466 e. The van der Waals surface area contributed by atoms with Gasteiger partial charge in [-0.3, -0.25) is 0 Å². The monoisotopic (exact) mass is 881 g/mol. The van der Waals surface area contributed by atoms with Crippen molar-refractivity contribution < 1.29 is 8.83 Å². The molecule has 67 heavy (non-hydrogen) atoms. The molecule has 6 aromatic carbocycles. The lowest BCUT2D eigenvalue weighted by molar-refractivity contribution is 0.332. The number of benzene rings is 6. The summed E-state index contributed by atoms with van der Waals surface area (Å²) in [6.07, 6.45) is 4.59. The fourth-order valence-corrected chi connectivity index (χ4v) is 13.2. The summed E-state index contributed by atoms with van der Waals surface area (Å²) in [6, 6.07) is 35.7. The van der Waals surface area contributed by atoms with E-state index in [9.17, 15) is 0 Å². The Labute approximate surface area is 396 Å². The predicted molar refractivity (Wildman–Crippen MR) is 285 cm³/mol. The van der Waals surface area contributed by atoms with Gasteiger partial charge in [0.25, 0.3) is 0 Å². The molecule has 0 saturated carbocycles. The third-order valence-corrected chi connectivity index (χ3v) is 17.6. The van der Waals surface area contributed by atoms with E-state index >= 15 is 0 Å². The minimum absolute atomic E-state index is 0.0110. The summed E-state index contributed by atoms with van der Waals surface area (Å²) in [5, 5.41) is 6.02. The topological polar surface area (TPSA) is 34.5 Å². The zero-order valence-electron chi connectivity index (χ0n) is 42.3. The second-order valence-electron chi connectivity index (χ2n) is 25.9. The number of anilines is 2. The van der Waals surface area contributed by atoms with Crippen molar-refractivity contribution in [1.82, 2.24) is 4.57 Å². The highest BCUT2D eigenvalue weighted by atomic mass is 16.3. The highest BCUT2D eigenvalue weighted by Crippen LogP contribution is 2.57. The molecule has 0 N–H and O–H groups in total. The Morgan fingerprint density at radius 1 is 0.537 bits per heavy atom. The van der Waals surface area contributed by atoms with Crippen molar-refractivity contribution >= 4 is 84.1 Å². The normalized spacial score (nSPS) is 18.8. The summed E-state index contributed by atoms with van der Waals surface area (Å²) in [5.74, 6) is 0. The molecule has 0 bridgehead atoms. The number of para-hydroxylation sites is 1. The number of furan rings is 2. The highest BCUT2D eigenvalue weighted by Gasteiger charge is 2.51. The molecule has 0 atom stereocenters. The lowest BCUT2D eigenvalue weighted by Crippen LogP contribution is -2.60. The molecule has 0 saturated heterocycles. The molecule has 4 nitrogen and oxygen atoms in total. The van der Waals surface area contributed by atoms with Crippen molar-refractivity contribution in [3.05, 3.63) is 124 Å². The molecule has 4 aliphatic rings. The van der Waals surface area contributed by atoms with Crippen LogP contribution >= 0.6 is 0 Å². The van der Waals surface area contributed by atoms with Crippen LogP contribution in [0.1, 0.15) is 156 Å². The molecule has 0 unspecified atom stereocenters. The van der Waals surface area contributed by atoms with Gasteiger partial charge in [0, 0.05) is 38.5 Å². The van der Waals surface area contributed by atoms with Gasteiger partial charge in [-0.15, -0.1) is 0 Å². The first-order valence-electron chi connectivity index (χ1n) is 25.1. The van der Waals surface area contributed by atoms with E-state index < -0.39 is 0 Å². The van der Waals surface area contributed by atoms with Crippen LogP contribution in [0.15, 0.2) is 99.8 Å². The van der Waals surface area contributed by atoms with Gasteiger partial charge in [0.1, 0.15) is 22.4 Å². The van der Waals surface area contributed by atoms with E-state index in [0.717, 1.165) is 59.2 Å². The van der Waals surface area contributed by atoms with Crippen LogP contribution in [0.5, 0.6) is 0 Å². The Kier molecular flexibility index (Phi) is 7.86. The van der Waals surface area contributed by atoms with Gasteiger partial charge in [-0.05, 0) is 157 Å². The maximum absolute atomic E-state index is 7.57. The number of hydrogen-bond acceptors (Lipinski definition) is 3. The van der Waals surface area contributed by atoms with Crippen LogP contribution in [0.25, 0.3) is 71.5 Å². The van der Waals surface area contributed by atoms with Crippen LogP contribution < -0.4 is 15.9 Å². The molecule has 0 radical (unpaired) electrons. The van der Waals surface area contributed by atoms with Gasteiger partial charge in [-0.1, -0.05) is 133 Å². The van der Waals surface area contributed by atoms with Gasteiger partial charge in [0.15, 0.2) is 0 Å². The number of aromatic nitrogens is 1. The van der Waals surface area contributed by atoms with Crippen molar-refractivity contribution in [2.75, 3.05) is 4.81 Å². The number of hydrogen-bond donors (Lipinski definition) is 0. The Bertz CT molecular complexity index is 3660. The first kappa shape index (κ1) is 41.5. The molecular formula is C62H65BN2O2. The quantitative estimate of drug-likeness (QED) is 0.154. The predicted octanol–water partition coefficient (Wildman–Crippen LogP) is 16.0. The van der Waals surface area contributed by atoms with E-state index in [1.807, 2.05) is 0 Å². The third-order valence-electron chi connectivity index (χ3n) is 17.6. The van der Waals surface area contributed by atoms with Crippen molar-refractivity contribution in [2.24, 2.45) is 0 Å². The van der Waals surface area contributed by atoms with Gasteiger partial charge in [-0.25, -0.2) is 0 Å². The van der Waals surface area contributed by atoms with Crippen LogP contribution in [0.2, 0.25) is 0 Å². The Morgan fingerprint density at radius 2 is 1.10 bits per heavy atom. The van der Waals surface area contributed by atoms with Gasteiger partial charge >= 0.3 is 6.85 Å². The fraction of sp³-hybridized carbons (Fsp3) is 0.387. The van der Waals surface area contributed by atoms with E-state index in [2.05, 4.69) is 197 Å². The van der Waals surface area contributed by atoms with Gasteiger partial charge in [0.05, 0.1) is 22.1 Å². The zero-order valence-corrected chi connectivity index (χ0v) is 42.3. The maximum atomic E-state index is 7.57. The molecule has 9 aromatic rings. The average Bonchev–Trinajstić information content (AvgIpc) is 3.95. The number of rotatable bonds is 1. The van der Waals surface area contributed by atoms with Gasteiger partial charge < -0.3 is 18.2 Å². The van der Waals surface area contributed by atoms with Crippen LogP contribution in [0, 0.1) is 0 Å². The summed E-state index contributed by atoms with van der Waals surface area (Å²) < 4.78 is 17.6. The molecule has 0 spiro atoms. The molecule has 5 heteroatoms. The van der Waals surface area contributed by atoms with E-state index in [1.54, 1.807) is 0 Å². The molecule has 0 amide bonds. The van der Waals surface area contributed by atoms with Crippen molar-refractivity contribution in [3.8, 4) is 16.8 Å². The zero-order chi connectivity index (χ0) is 46.9. The van der Waals surface area contributed by atoms with Gasteiger partial charge in [-0.2, -0.15) is 0 Å². The average molecular weight is 881 g/mol. The van der Waals surface area contributed by atoms with E-state index in [-0.39, 0.29) is 39.3 Å². The Hall–Kier alpha value is -5.68. The molecule has 13 rings (SSSR count). The summed E-state index contributed by atoms with van der Waals surface area (Å²) in [7, 11) is 0. The van der Waals surface area contributed by atoms with Crippen LogP contribution in [-0.4, -0.2) is 11.4 Å². The molecule has 0 fully saturated rings. The van der Waals surface area contributed by atoms with Crippen molar-refractivity contribution in [1.29, 1.82) is 0 Å². The van der Waals surface area contributed by atoms with Crippen molar-refractivity contribution in [2.45, 2.75) is 155 Å². The van der Waals surface area contributed by atoms with Crippen LogP contribution in [-0.2, 0) is 32.5 Å². The molecule has 2 aliphatic heterocycles. The smallest absolute Gasteiger partial charge is 0.376 e. The highest BCUT2D eigenvalue weighted by molar-refractivity contribution is 6.93. The van der Waals surface area contributed by atoms with Gasteiger partial charge in [0.2, 0.25) is 0 Å². The summed E-state index contributed by atoms with van der Waals surface area (Å²) in [4.78, 5) is 2.68. The first-order valence-corrected chi connectivity index (χ1v) is 25.1. The van der Waals surface area contributed by atoms with E-state index in [1.165, 1.54) is 93.9 Å². The molecule has 3 aromatic heterocycles. The maximum Gasteiger partial charge on any atom is 0.376 e. The summed E-state index contributed by atoms with van der Waals surface area (Å²) in [5.41, 5.74) is 22.3. The first-order chi connectivity index (χ1) is 31.5. The van der Waals surface area contributed by atoms with E-state index in [0.29, 0.717) is 0 Å². The van der Waals surface area contributed by atoms with Crippen LogP contribution in [0.4, 0.5) is 11.4 Å². The molecular weight excluding hydrogens is 816 g/mol. The minimum atomic E-state index is -0.263.